The van der Waals surface area contributed by atoms with E-state index >= 15 is 8.78 Å². The van der Waals surface area contributed by atoms with Crippen LogP contribution in [-0.4, -0.2) is 36.1 Å². The van der Waals surface area contributed by atoms with Gasteiger partial charge in [0.2, 0.25) is 0 Å². The highest BCUT2D eigenvalue weighted by Gasteiger charge is 2.58. The minimum absolute atomic E-state index is 0.328. The Balaban J connectivity index is 1.70. The number of hydrogen-bond acceptors (Lipinski definition) is 6. The molecule has 0 aliphatic carbocycles. The molecule has 1 atom stereocenters. The number of tetrazole rings is 1. The van der Waals surface area contributed by atoms with E-state index in [1.165, 1.54) is 30.3 Å². The molecule has 0 bridgehead atoms. The van der Waals surface area contributed by atoms with Crippen LogP contribution in [0.5, 0.6) is 0 Å². The lowest BCUT2D eigenvalue weighted by atomic mass is 9.84. The zero-order chi connectivity index (χ0) is 25.2. The Morgan fingerprint density at radius 1 is 0.971 bits per heavy atom. The van der Waals surface area contributed by atoms with E-state index in [0.717, 1.165) is 35.4 Å². The van der Waals surface area contributed by atoms with Crippen molar-refractivity contribution in [1.29, 1.82) is 0 Å². The summed E-state index contributed by atoms with van der Waals surface area (Å²) in [5.74, 6) is -9.17. The number of rotatable bonds is 8. The molecule has 182 valence electrons. The van der Waals surface area contributed by atoms with Gasteiger partial charge < -0.3 is 5.11 Å². The van der Waals surface area contributed by atoms with Gasteiger partial charge >= 0.3 is 5.92 Å². The van der Waals surface area contributed by atoms with E-state index in [0.29, 0.717) is 33.9 Å². The van der Waals surface area contributed by atoms with Gasteiger partial charge in [-0.2, -0.15) is 17.6 Å². The van der Waals surface area contributed by atoms with Crippen molar-refractivity contribution < 1.29 is 31.4 Å². The van der Waals surface area contributed by atoms with Crippen LogP contribution in [0, 0.1) is 11.6 Å². The summed E-state index contributed by atoms with van der Waals surface area (Å²) in [5, 5.41) is 21.3. The average Bonchev–Trinajstić information content (AvgIpc) is 3.32. The summed E-state index contributed by atoms with van der Waals surface area (Å²) < 4.78 is 85.2. The van der Waals surface area contributed by atoms with Crippen molar-refractivity contribution in [3.8, 4) is 11.1 Å². The van der Waals surface area contributed by atoms with Crippen molar-refractivity contribution in [2.45, 2.75) is 28.7 Å². The molecule has 0 aliphatic rings. The number of alkyl halides is 4. The third kappa shape index (κ3) is 5.00. The van der Waals surface area contributed by atoms with Crippen molar-refractivity contribution in [3.63, 3.8) is 0 Å². The molecule has 0 spiro atoms. The molecule has 4 aromatic rings. The summed E-state index contributed by atoms with van der Waals surface area (Å²) in [6, 6.07) is 10.0. The standard InChI is InChI=1S/C22H15F6N5OS/c23-15-4-7-17(18(24)9-15)21(34,11-33-12-30-31-32-33)22(27,28)19-8-3-14(10-29-19)13-1-5-16(6-2-13)35-20(25)26/h1-10,12,20,34H,11H2. The van der Waals surface area contributed by atoms with E-state index in [1.54, 1.807) is 0 Å². The molecule has 0 amide bonds. The number of benzene rings is 2. The second-order valence-corrected chi connectivity index (χ2v) is 8.46. The van der Waals surface area contributed by atoms with Crippen LogP contribution < -0.4 is 0 Å². The normalized spacial score (nSPS) is 13.7. The Kier molecular flexibility index (Phi) is 6.81. The summed E-state index contributed by atoms with van der Waals surface area (Å²) in [4.78, 5) is 4.10. The van der Waals surface area contributed by atoms with E-state index < -0.39 is 46.7 Å². The lowest BCUT2D eigenvalue weighted by Crippen LogP contribution is -2.48. The molecule has 2 heterocycles. The van der Waals surface area contributed by atoms with Crippen molar-refractivity contribution in [2.75, 3.05) is 0 Å². The molecular weight excluding hydrogens is 496 g/mol. The number of nitrogens with zero attached hydrogens (tertiary/aromatic N) is 5. The first-order valence-electron chi connectivity index (χ1n) is 9.88. The molecule has 4 rings (SSSR count). The topological polar surface area (TPSA) is 76.7 Å². The summed E-state index contributed by atoms with van der Waals surface area (Å²) in [6.45, 7) is -0.970. The minimum Gasteiger partial charge on any atom is -0.377 e. The fourth-order valence-corrected chi connectivity index (χ4v) is 3.96. The predicted molar refractivity (Wildman–Crippen MR) is 113 cm³/mol. The molecule has 2 aromatic heterocycles. The van der Waals surface area contributed by atoms with Gasteiger partial charge in [0.1, 0.15) is 23.7 Å². The quantitative estimate of drug-likeness (QED) is 0.265. The van der Waals surface area contributed by atoms with E-state index in [-0.39, 0.29) is 0 Å². The predicted octanol–water partition coefficient (Wildman–Crippen LogP) is 5.01. The summed E-state index contributed by atoms with van der Waals surface area (Å²) in [5.41, 5.74) is -4.10. The molecular formula is C22H15F6N5OS. The first-order chi connectivity index (χ1) is 16.6. The van der Waals surface area contributed by atoms with Gasteiger partial charge in [0.05, 0.1) is 6.54 Å². The highest BCUT2D eigenvalue weighted by Crippen LogP contribution is 2.46. The van der Waals surface area contributed by atoms with Crippen LogP contribution in [0.2, 0.25) is 0 Å². The molecule has 1 unspecified atom stereocenters. The van der Waals surface area contributed by atoms with Gasteiger partial charge in [0.25, 0.3) is 5.76 Å². The monoisotopic (exact) mass is 511 g/mol. The van der Waals surface area contributed by atoms with Crippen LogP contribution in [0.4, 0.5) is 26.3 Å². The van der Waals surface area contributed by atoms with E-state index in [1.807, 2.05) is 0 Å². The van der Waals surface area contributed by atoms with Gasteiger partial charge in [-0.15, -0.1) is 5.10 Å². The fraction of sp³-hybridized carbons (Fsp3) is 0.182. The van der Waals surface area contributed by atoms with Crippen molar-refractivity contribution in [2.24, 2.45) is 0 Å². The van der Waals surface area contributed by atoms with E-state index in [9.17, 15) is 22.7 Å². The number of thioether (sulfide) groups is 1. The van der Waals surface area contributed by atoms with Gasteiger partial charge in [0, 0.05) is 28.3 Å². The van der Waals surface area contributed by atoms with Gasteiger partial charge in [-0.1, -0.05) is 30.0 Å². The second kappa shape index (κ2) is 9.66. The first-order valence-corrected chi connectivity index (χ1v) is 10.8. The molecule has 0 saturated heterocycles. The van der Waals surface area contributed by atoms with E-state index in [2.05, 4.69) is 20.5 Å². The van der Waals surface area contributed by atoms with Crippen LogP contribution >= 0.6 is 11.8 Å². The van der Waals surface area contributed by atoms with Gasteiger partial charge in [-0.25, -0.2) is 13.5 Å². The maximum absolute atomic E-state index is 15.7. The Bertz CT molecular complexity index is 1290. The molecule has 0 saturated carbocycles. The van der Waals surface area contributed by atoms with Crippen molar-refractivity contribution in [1.82, 2.24) is 25.2 Å². The molecule has 35 heavy (non-hydrogen) atoms. The molecule has 0 fully saturated rings. The van der Waals surface area contributed by atoms with Crippen LogP contribution in [-0.2, 0) is 18.1 Å². The fourth-order valence-electron chi connectivity index (χ4n) is 3.46. The van der Waals surface area contributed by atoms with Crippen LogP contribution in [0.1, 0.15) is 11.3 Å². The first kappa shape index (κ1) is 24.7. The number of pyridine rings is 1. The second-order valence-electron chi connectivity index (χ2n) is 7.40. The number of hydrogen-bond donors (Lipinski definition) is 1. The Morgan fingerprint density at radius 3 is 2.26 bits per heavy atom. The van der Waals surface area contributed by atoms with Gasteiger partial charge in [-0.3, -0.25) is 4.98 Å². The molecule has 6 nitrogen and oxygen atoms in total. The maximum atomic E-state index is 15.7. The van der Waals surface area contributed by atoms with Crippen molar-refractivity contribution >= 4 is 11.8 Å². The lowest BCUT2D eigenvalue weighted by molar-refractivity contribution is -0.207. The average molecular weight is 511 g/mol. The highest BCUT2D eigenvalue weighted by molar-refractivity contribution is 7.99. The number of aromatic nitrogens is 5. The largest absolute Gasteiger partial charge is 0.377 e. The third-order valence-electron chi connectivity index (χ3n) is 5.18. The summed E-state index contributed by atoms with van der Waals surface area (Å²) in [7, 11) is 0. The van der Waals surface area contributed by atoms with Crippen LogP contribution in [0.3, 0.4) is 0 Å². The molecule has 0 radical (unpaired) electrons. The Hall–Kier alpha value is -3.45. The molecule has 2 aromatic carbocycles. The molecule has 13 heteroatoms. The lowest BCUT2D eigenvalue weighted by Gasteiger charge is -2.35. The molecule has 0 aliphatic heterocycles. The van der Waals surface area contributed by atoms with Crippen molar-refractivity contribution in [3.05, 3.63) is 90.0 Å². The maximum Gasteiger partial charge on any atom is 0.323 e. The molecule has 1 N–H and O–H groups in total. The number of aliphatic hydroxyl groups is 1. The zero-order valence-corrected chi connectivity index (χ0v) is 18.3. The van der Waals surface area contributed by atoms with Gasteiger partial charge in [0.15, 0.2) is 5.60 Å². The van der Waals surface area contributed by atoms with E-state index in [4.69, 9.17) is 0 Å². The highest BCUT2D eigenvalue weighted by atomic mass is 32.2. The Morgan fingerprint density at radius 2 is 1.69 bits per heavy atom. The van der Waals surface area contributed by atoms with Gasteiger partial charge in [-0.05, 0) is 46.3 Å². The summed E-state index contributed by atoms with van der Waals surface area (Å²) >= 11 is 0.366. The third-order valence-corrected chi connectivity index (χ3v) is 5.90. The zero-order valence-electron chi connectivity index (χ0n) is 17.5. The SMILES string of the molecule is OC(Cn1cnnn1)(c1ccc(F)cc1F)C(F)(F)c1ccc(-c2ccc(SC(F)F)cc2)cn1. The smallest absolute Gasteiger partial charge is 0.323 e. The minimum atomic E-state index is -4.19. The van der Waals surface area contributed by atoms with Crippen LogP contribution in [0.15, 0.2) is 72.0 Å². The number of halogens is 6. The summed E-state index contributed by atoms with van der Waals surface area (Å²) in [6.07, 6.45) is 2.06. The van der Waals surface area contributed by atoms with Crippen LogP contribution in [0.25, 0.3) is 11.1 Å². The Labute approximate surface area is 198 Å².